The second-order valence-corrected chi connectivity index (χ2v) is 3.81. The summed E-state index contributed by atoms with van der Waals surface area (Å²) in [6, 6.07) is 1.76. The summed E-state index contributed by atoms with van der Waals surface area (Å²) >= 11 is 0. The summed E-state index contributed by atoms with van der Waals surface area (Å²) in [5.74, 6) is -0.505. The molecule has 0 bridgehead atoms. The van der Waals surface area contributed by atoms with Crippen LogP contribution in [0, 0.1) is 0 Å². The quantitative estimate of drug-likeness (QED) is 0.788. The van der Waals surface area contributed by atoms with Crippen LogP contribution in [-0.4, -0.2) is 30.6 Å². The second kappa shape index (κ2) is 6.97. The molecule has 0 unspecified atom stereocenters. The summed E-state index contributed by atoms with van der Waals surface area (Å²) in [5.41, 5.74) is -0.838. The van der Waals surface area contributed by atoms with Crippen molar-refractivity contribution in [1.29, 1.82) is 0 Å². The maximum absolute atomic E-state index is 12.7. The number of hydrogen-bond acceptors (Lipinski definition) is 5. The van der Waals surface area contributed by atoms with Gasteiger partial charge in [-0.05, 0) is 26.0 Å². The maximum atomic E-state index is 12.7. The van der Waals surface area contributed by atoms with Gasteiger partial charge in [0, 0.05) is 6.54 Å². The van der Waals surface area contributed by atoms with Crippen molar-refractivity contribution in [2.75, 3.05) is 30.3 Å². The van der Waals surface area contributed by atoms with Crippen LogP contribution >= 0.6 is 0 Å². The molecule has 0 amide bonds. The van der Waals surface area contributed by atoms with Crippen molar-refractivity contribution in [1.82, 2.24) is 4.98 Å². The molecule has 5 nitrogen and oxygen atoms in total. The molecule has 0 fully saturated rings. The fraction of sp³-hybridized carbons (Fsp3) is 0.500. The van der Waals surface area contributed by atoms with Crippen molar-refractivity contribution < 1.29 is 22.7 Å². The standard InChI is InChI=1S/C12H16F3N3O2/c1-3-16-9-5-8(12(13,14)15)6-10(18-9)17-7-11(19)20-4-2/h5-6H,3-4,7H2,1-2H3,(H2,16,17,18). The van der Waals surface area contributed by atoms with Crippen LogP contribution in [0.15, 0.2) is 12.1 Å². The molecule has 0 aliphatic heterocycles. The van der Waals surface area contributed by atoms with Crippen molar-refractivity contribution in [3.63, 3.8) is 0 Å². The van der Waals surface area contributed by atoms with E-state index in [1.165, 1.54) is 0 Å². The molecule has 1 heterocycles. The van der Waals surface area contributed by atoms with Gasteiger partial charge in [0.15, 0.2) is 0 Å². The van der Waals surface area contributed by atoms with Gasteiger partial charge in [-0.2, -0.15) is 13.2 Å². The molecule has 8 heteroatoms. The number of carbonyl (C=O) groups excluding carboxylic acids is 1. The molecule has 1 aromatic heterocycles. The van der Waals surface area contributed by atoms with E-state index in [2.05, 4.69) is 20.4 Å². The molecule has 1 rings (SSSR count). The number of nitrogens with one attached hydrogen (secondary N) is 2. The van der Waals surface area contributed by atoms with Crippen molar-refractivity contribution in [2.24, 2.45) is 0 Å². The van der Waals surface area contributed by atoms with Crippen LogP contribution in [-0.2, 0) is 15.7 Å². The number of hydrogen-bond donors (Lipinski definition) is 2. The Kier molecular flexibility index (Phi) is 5.60. The number of aromatic nitrogens is 1. The lowest BCUT2D eigenvalue weighted by molar-refractivity contribution is -0.141. The van der Waals surface area contributed by atoms with Gasteiger partial charge in [-0.3, -0.25) is 4.79 Å². The van der Waals surface area contributed by atoms with Gasteiger partial charge in [-0.1, -0.05) is 0 Å². The molecule has 0 radical (unpaired) electrons. The molecule has 0 aliphatic rings. The molecule has 0 aliphatic carbocycles. The normalized spacial score (nSPS) is 11.1. The van der Waals surface area contributed by atoms with Crippen LogP contribution in [0.4, 0.5) is 24.8 Å². The van der Waals surface area contributed by atoms with Crippen molar-refractivity contribution in [3.05, 3.63) is 17.7 Å². The Balaban J connectivity index is 2.89. The van der Waals surface area contributed by atoms with E-state index in [1.54, 1.807) is 13.8 Å². The summed E-state index contributed by atoms with van der Waals surface area (Å²) < 4.78 is 42.9. The molecule has 0 saturated carbocycles. The second-order valence-electron chi connectivity index (χ2n) is 3.81. The van der Waals surface area contributed by atoms with E-state index >= 15 is 0 Å². The number of anilines is 2. The average Bonchev–Trinajstić information content (AvgIpc) is 2.36. The van der Waals surface area contributed by atoms with Crippen molar-refractivity contribution >= 4 is 17.6 Å². The molecule has 2 N–H and O–H groups in total. The molecule has 112 valence electrons. The van der Waals surface area contributed by atoms with E-state index in [4.69, 9.17) is 0 Å². The largest absolute Gasteiger partial charge is 0.465 e. The Bertz CT molecular complexity index is 464. The Morgan fingerprint density at radius 2 is 1.85 bits per heavy atom. The van der Waals surface area contributed by atoms with Gasteiger partial charge < -0.3 is 15.4 Å². The zero-order valence-corrected chi connectivity index (χ0v) is 11.2. The predicted molar refractivity (Wildman–Crippen MR) is 68.5 cm³/mol. The van der Waals surface area contributed by atoms with Crippen LogP contribution in [0.1, 0.15) is 19.4 Å². The van der Waals surface area contributed by atoms with E-state index in [1.807, 2.05) is 0 Å². The first-order valence-electron chi connectivity index (χ1n) is 6.09. The Labute approximate surface area is 114 Å². The maximum Gasteiger partial charge on any atom is 0.416 e. The molecular formula is C12H16F3N3O2. The van der Waals surface area contributed by atoms with Gasteiger partial charge in [0.2, 0.25) is 0 Å². The van der Waals surface area contributed by atoms with Gasteiger partial charge >= 0.3 is 12.1 Å². The molecule has 0 aromatic carbocycles. The van der Waals surface area contributed by atoms with Gasteiger partial charge in [0.25, 0.3) is 0 Å². The highest BCUT2D eigenvalue weighted by molar-refractivity contribution is 5.74. The van der Waals surface area contributed by atoms with Crippen molar-refractivity contribution in [2.45, 2.75) is 20.0 Å². The SMILES string of the molecule is CCNc1cc(C(F)(F)F)cc(NCC(=O)OCC)n1. The molecule has 0 atom stereocenters. The lowest BCUT2D eigenvalue weighted by atomic mass is 10.2. The predicted octanol–water partition coefficient (Wildman–Crippen LogP) is 2.51. The summed E-state index contributed by atoms with van der Waals surface area (Å²) in [7, 11) is 0. The van der Waals surface area contributed by atoms with Crippen LogP contribution in [0.3, 0.4) is 0 Å². The molecule has 20 heavy (non-hydrogen) atoms. The number of esters is 1. The van der Waals surface area contributed by atoms with Crippen LogP contribution < -0.4 is 10.6 Å². The number of ether oxygens (including phenoxy) is 1. The summed E-state index contributed by atoms with van der Waals surface area (Å²) in [6.07, 6.45) is -4.48. The van der Waals surface area contributed by atoms with E-state index in [-0.39, 0.29) is 24.8 Å². The number of rotatable bonds is 6. The zero-order chi connectivity index (χ0) is 15.2. The van der Waals surface area contributed by atoms with Gasteiger partial charge in [0.1, 0.15) is 18.2 Å². The highest BCUT2D eigenvalue weighted by atomic mass is 19.4. The van der Waals surface area contributed by atoms with E-state index in [9.17, 15) is 18.0 Å². The third-order valence-electron chi connectivity index (χ3n) is 2.23. The summed E-state index contributed by atoms with van der Waals surface area (Å²) in [4.78, 5) is 15.1. The Hall–Kier alpha value is -1.99. The fourth-order valence-electron chi connectivity index (χ4n) is 1.43. The van der Waals surface area contributed by atoms with Crippen molar-refractivity contribution in [3.8, 4) is 0 Å². The van der Waals surface area contributed by atoms with Crippen LogP contribution in [0.2, 0.25) is 0 Å². The molecule has 0 spiro atoms. The summed E-state index contributed by atoms with van der Waals surface area (Å²) in [5, 5.41) is 5.22. The minimum Gasteiger partial charge on any atom is -0.465 e. The molecule has 0 saturated heterocycles. The van der Waals surface area contributed by atoms with E-state index < -0.39 is 17.7 Å². The average molecular weight is 291 g/mol. The highest BCUT2D eigenvalue weighted by Gasteiger charge is 2.31. The molecule has 1 aromatic rings. The van der Waals surface area contributed by atoms with Crippen LogP contribution in [0.25, 0.3) is 0 Å². The van der Waals surface area contributed by atoms with E-state index in [0.717, 1.165) is 12.1 Å². The van der Waals surface area contributed by atoms with Gasteiger partial charge in [-0.25, -0.2) is 4.98 Å². The van der Waals surface area contributed by atoms with Crippen LogP contribution in [0.5, 0.6) is 0 Å². The lowest BCUT2D eigenvalue weighted by Crippen LogP contribution is -2.18. The number of alkyl halides is 3. The third kappa shape index (κ3) is 4.94. The van der Waals surface area contributed by atoms with Gasteiger partial charge in [0.05, 0.1) is 12.2 Å². The minimum absolute atomic E-state index is 0.0381. The highest BCUT2D eigenvalue weighted by Crippen LogP contribution is 2.31. The topological polar surface area (TPSA) is 63.2 Å². The summed E-state index contributed by atoms with van der Waals surface area (Å²) in [6.45, 7) is 3.79. The Morgan fingerprint density at radius 1 is 1.25 bits per heavy atom. The molecular weight excluding hydrogens is 275 g/mol. The number of halogens is 3. The monoisotopic (exact) mass is 291 g/mol. The number of nitrogens with zero attached hydrogens (tertiary/aromatic N) is 1. The number of pyridine rings is 1. The smallest absolute Gasteiger partial charge is 0.416 e. The number of carbonyl (C=O) groups is 1. The first-order valence-corrected chi connectivity index (χ1v) is 6.09. The Morgan fingerprint density at radius 3 is 2.35 bits per heavy atom. The minimum atomic E-state index is -4.48. The lowest BCUT2D eigenvalue weighted by Gasteiger charge is -2.13. The van der Waals surface area contributed by atoms with E-state index in [0.29, 0.717) is 6.54 Å². The third-order valence-corrected chi connectivity index (χ3v) is 2.23. The zero-order valence-electron chi connectivity index (χ0n) is 11.2. The fourth-order valence-corrected chi connectivity index (χ4v) is 1.43. The first kappa shape index (κ1) is 16.1. The van der Waals surface area contributed by atoms with Gasteiger partial charge in [-0.15, -0.1) is 0 Å². The first-order chi connectivity index (χ1) is 9.36.